The minimum Gasteiger partial charge on any atom is -0.486 e. The predicted octanol–water partition coefficient (Wildman–Crippen LogP) is 4.76. The molecule has 6 heteroatoms. The van der Waals surface area contributed by atoms with Crippen molar-refractivity contribution in [2.45, 2.75) is 32.9 Å². The van der Waals surface area contributed by atoms with Crippen LogP contribution in [0.5, 0.6) is 5.75 Å². The van der Waals surface area contributed by atoms with Gasteiger partial charge in [-0.2, -0.15) is 0 Å². The maximum atomic E-state index is 13.2. The minimum atomic E-state index is -0.305. The third-order valence-electron chi connectivity index (χ3n) is 4.64. The number of para-hydroxylation sites is 1. The van der Waals surface area contributed by atoms with Gasteiger partial charge in [-0.3, -0.25) is 4.79 Å². The van der Waals surface area contributed by atoms with Gasteiger partial charge in [-0.15, -0.1) is 11.3 Å². The van der Waals surface area contributed by atoms with E-state index >= 15 is 0 Å². The Hall–Kier alpha value is -2.73. The van der Waals surface area contributed by atoms with Crippen LogP contribution in [0.25, 0.3) is 0 Å². The molecule has 0 N–H and O–H groups in total. The molecule has 3 aromatic rings. The number of halogens is 1. The van der Waals surface area contributed by atoms with E-state index in [4.69, 9.17) is 4.74 Å². The number of anilines is 1. The standard InChI is InChI=1S/C21H19FN2O2S/c1-13-11-15-5-3-4-6-18(15)24(13)21(25)20-14(2)23-19(27-20)12-26-17-9-7-16(22)8-10-17/h3-10,13H,11-12H2,1-2H3. The number of aryl methyl sites for hydroxylation is 1. The van der Waals surface area contributed by atoms with Crippen molar-refractivity contribution in [2.24, 2.45) is 0 Å². The van der Waals surface area contributed by atoms with Crippen LogP contribution in [0.3, 0.4) is 0 Å². The molecule has 0 aliphatic carbocycles. The molecule has 0 saturated heterocycles. The highest BCUT2D eigenvalue weighted by atomic mass is 32.1. The van der Waals surface area contributed by atoms with Gasteiger partial charge in [0.15, 0.2) is 0 Å². The van der Waals surface area contributed by atoms with E-state index in [1.165, 1.54) is 29.0 Å². The van der Waals surface area contributed by atoms with Crippen LogP contribution in [0.4, 0.5) is 10.1 Å². The van der Waals surface area contributed by atoms with Crippen LogP contribution in [-0.2, 0) is 13.0 Å². The third-order valence-corrected chi connectivity index (χ3v) is 5.76. The molecule has 138 valence electrons. The number of nitrogens with zero attached hydrogens (tertiary/aromatic N) is 2. The Bertz CT molecular complexity index is 984. The molecule has 0 fully saturated rings. The second-order valence-electron chi connectivity index (χ2n) is 6.62. The van der Waals surface area contributed by atoms with E-state index in [0.29, 0.717) is 16.3 Å². The van der Waals surface area contributed by atoms with Gasteiger partial charge in [0.05, 0.1) is 5.69 Å². The average molecular weight is 382 g/mol. The molecule has 0 saturated carbocycles. The molecule has 2 aromatic carbocycles. The second-order valence-corrected chi connectivity index (χ2v) is 7.71. The molecule has 27 heavy (non-hydrogen) atoms. The molecule has 1 aromatic heterocycles. The summed E-state index contributed by atoms with van der Waals surface area (Å²) in [6.45, 7) is 4.15. The molecule has 2 heterocycles. The van der Waals surface area contributed by atoms with Crippen molar-refractivity contribution < 1.29 is 13.9 Å². The molecule has 0 bridgehead atoms. The molecular formula is C21H19FN2O2S. The summed E-state index contributed by atoms with van der Waals surface area (Å²) in [5.74, 6) is 0.245. The van der Waals surface area contributed by atoms with Crippen molar-refractivity contribution in [3.05, 3.63) is 75.5 Å². The molecule has 4 rings (SSSR count). The fourth-order valence-electron chi connectivity index (χ4n) is 3.37. The number of carbonyl (C=O) groups is 1. The first-order valence-corrected chi connectivity index (χ1v) is 9.60. The van der Waals surface area contributed by atoms with Crippen LogP contribution in [0.1, 0.15) is 32.9 Å². The Balaban J connectivity index is 1.53. The molecule has 0 radical (unpaired) electrons. The first-order chi connectivity index (χ1) is 13.0. The molecular weight excluding hydrogens is 363 g/mol. The van der Waals surface area contributed by atoms with Crippen LogP contribution < -0.4 is 9.64 Å². The zero-order valence-corrected chi connectivity index (χ0v) is 15.9. The summed E-state index contributed by atoms with van der Waals surface area (Å²) in [5, 5.41) is 0.723. The molecule has 4 nitrogen and oxygen atoms in total. The van der Waals surface area contributed by atoms with E-state index in [2.05, 4.69) is 18.0 Å². The number of carbonyl (C=O) groups excluding carboxylic acids is 1. The largest absolute Gasteiger partial charge is 0.486 e. The maximum Gasteiger partial charge on any atom is 0.270 e. The molecule has 1 aliphatic rings. The van der Waals surface area contributed by atoms with Gasteiger partial charge in [-0.1, -0.05) is 18.2 Å². The van der Waals surface area contributed by atoms with Gasteiger partial charge >= 0.3 is 0 Å². The maximum absolute atomic E-state index is 13.2. The van der Waals surface area contributed by atoms with Crippen LogP contribution in [-0.4, -0.2) is 16.9 Å². The Morgan fingerprint density at radius 3 is 2.78 bits per heavy atom. The number of ether oxygens (including phenoxy) is 1. The second kappa shape index (κ2) is 7.12. The normalized spacial score (nSPS) is 15.7. The van der Waals surface area contributed by atoms with Crippen molar-refractivity contribution in [2.75, 3.05) is 4.90 Å². The van der Waals surface area contributed by atoms with Gasteiger partial charge < -0.3 is 9.64 Å². The first kappa shape index (κ1) is 17.7. The quantitative estimate of drug-likeness (QED) is 0.653. The third kappa shape index (κ3) is 3.45. The summed E-state index contributed by atoms with van der Waals surface area (Å²) in [6.07, 6.45) is 0.861. The predicted molar refractivity (Wildman–Crippen MR) is 104 cm³/mol. The van der Waals surface area contributed by atoms with E-state index in [9.17, 15) is 9.18 Å². The number of thiazole rings is 1. The molecule has 1 amide bonds. The number of hydrogen-bond acceptors (Lipinski definition) is 4. The summed E-state index contributed by atoms with van der Waals surface area (Å²) in [7, 11) is 0. The number of benzene rings is 2. The van der Waals surface area contributed by atoms with E-state index in [1.807, 2.05) is 30.0 Å². The highest BCUT2D eigenvalue weighted by molar-refractivity contribution is 7.13. The average Bonchev–Trinajstić information content (AvgIpc) is 3.19. The lowest BCUT2D eigenvalue weighted by molar-refractivity contribution is 0.0984. The summed E-state index contributed by atoms with van der Waals surface area (Å²) in [5.41, 5.74) is 2.88. The zero-order valence-electron chi connectivity index (χ0n) is 15.1. The Kier molecular flexibility index (Phi) is 4.66. The van der Waals surface area contributed by atoms with Gasteiger partial charge in [-0.25, -0.2) is 9.37 Å². The molecule has 0 spiro atoms. The number of rotatable bonds is 4. The van der Waals surface area contributed by atoms with E-state index in [1.54, 1.807) is 12.1 Å². The van der Waals surface area contributed by atoms with Crippen LogP contribution in [0, 0.1) is 12.7 Å². The number of aromatic nitrogens is 1. The van der Waals surface area contributed by atoms with Crippen molar-refractivity contribution in [3.8, 4) is 5.75 Å². The van der Waals surface area contributed by atoms with Crippen molar-refractivity contribution in [1.29, 1.82) is 0 Å². The Labute approximate surface area is 161 Å². The highest BCUT2D eigenvalue weighted by Gasteiger charge is 2.33. The lowest BCUT2D eigenvalue weighted by Gasteiger charge is -2.22. The van der Waals surface area contributed by atoms with Crippen molar-refractivity contribution in [1.82, 2.24) is 4.98 Å². The van der Waals surface area contributed by atoms with Gasteiger partial charge in [0.25, 0.3) is 5.91 Å². The van der Waals surface area contributed by atoms with Gasteiger partial charge in [0, 0.05) is 11.7 Å². The molecule has 1 unspecified atom stereocenters. The summed E-state index contributed by atoms with van der Waals surface area (Å²) in [4.78, 5) is 20.2. The van der Waals surface area contributed by atoms with E-state index in [0.717, 1.165) is 17.1 Å². The monoisotopic (exact) mass is 382 g/mol. The summed E-state index contributed by atoms with van der Waals surface area (Å²) >= 11 is 1.35. The summed E-state index contributed by atoms with van der Waals surface area (Å²) in [6, 6.07) is 14.0. The number of amides is 1. The lowest BCUT2D eigenvalue weighted by atomic mass is 10.1. The SMILES string of the molecule is Cc1nc(COc2ccc(F)cc2)sc1C(=O)N1c2ccccc2CC1C. The first-order valence-electron chi connectivity index (χ1n) is 8.79. The van der Waals surface area contributed by atoms with E-state index < -0.39 is 0 Å². The zero-order chi connectivity index (χ0) is 19.0. The minimum absolute atomic E-state index is 0.0181. The lowest BCUT2D eigenvalue weighted by Crippen LogP contribution is -2.35. The Morgan fingerprint density at radius 1 is 1.26 bits per heavy atom. The number of hydrogen-bond donors (Lipinski definition) is 0. The fraction of sp³-hybridized carbons (Fsp3) is 0.238. The Morgan fingerprint density at radius 2 is 2.00 bits per heavy atom. The van der Waals surface area contributed by atoms with Crippen molar-refractivity contribution in [3.63, 3.8) is 0 Å². The fourth-order valence-corrected chi connectivity index (χ4v) is 4.29. The number of fused-ring (bicyclic) bond motifs is 1. The van der Waals surface area contributed by atoms with Crippen molar-refractivity contribution >= 4 is 22.9 Å². The summed E-state index contributed by atoms with van der Waals surface area (Å²) < 4.78 is 18.6. The van der Waals surface area contributed by atoms with Crippen LogP contribution in [0.15, 0.2) is 48.5 Å². The van der Waals surface area contributed by atoms with Crippen LogP contribution in [0.2, 0.25) is 0 Å². The topological polar surface area (TPSA) is 42.4 Å². The smallest absolute Gasteiger partial charge is 0.270 e. The van der Waals surface area contributed by atoms with Crippen LogP contribution >= 0.6 is 11.3 Å². The molecule has 1 aliphatic heterocycles. The van der Waals surface area contributed by atoms with E-state index in [-0.39, 0.29) is 24.4 Å². The molecule has 1 atom stereocenters. The van der Waals surface area contributed by atoms with Gasteiger partial charge in [0.1, 0.15) is 28.1 Å². The van der Waals surface area contributed by atoms with Gasteiger partial charge in [-0.05, 0) is 56.2 Å². The van der Waals surface area contributed by atoms with Gasteiger partial charge in [0.2, 0.25) is 0 Å². The highest BCUT2D eigenvalue weighted by Crippen LogP contribution is 2.34.